The van der Waals surface area contributed by atoms with Gasteiger partial charge in [0.05, 0.1) is 40.3 Å². The lowest BCUT2D eigenvalue weighted by Crippen LogP contribution is -2.55. The zero-order chi connectivity index (χ0) is 45.6. The van der Waals surface area contributed by atoms with E-state index in [0.29, 0.717) is 12.8 Å². The monoisotopic (exact) mass is 870 g/mol. The van der Waals surface area contributed by atoms with Crippen LogP contribution in [0.1, 0.15) is 213 Å². The minimum Gasteiger partial charge on any atom is -0.544 e. The van der Waals surface area contributed by atoms with E-state index in [9.17, 15) is 19.5 Å². The Morgan fingerprint density at radius 2 is 0.968 bits per heavy atom. The van der Waals surface area contributed by atoms with Crippen LogP contribution in [0.4, 0.5) is 0 Å². The van der Waals surface area contributed by atoms with Gasteiger partial charge in [-0.3, -0.25) is 9.59 Å². The maximum Gasteiger partial charge on any atom is 0.306 e. The number of unbranched alkanes of at least 4 members (excludes halogenated alkanes) is 23. The summed E-state index contributed by atoms with van der Waals surface area (Å²) < 4.78 is 17.2. The highest BCUT2D eigenvalue weighted by atomic mass is 16.6. The van der Waals surface area contributed by atoms with Crippen molar-refractivity contribution < 1.29 is 38.2 Å². The normalized spacial score (nSPS) is 13.4. The fourth-order valence-corrected chi connectivity index (χ4v) is 7.28. The average molecular weight is 870 g/mol. The summed E-state index contributed by atoms with van der Waals surface area (Å²) in [4.78, 5) is 37.0. The largest absolute Gasteiger partial charge is 0.544 e. The molecule has 0 radical (unpaired) electrons. The first-order valence-corrected chi connectivity index (χ1v) is 25.3. The fourth-order valence-electron chi connectivity index (χ4n) is 7.28. The second kappa shape index (κ2) is 44.6. The van der Waals surface area contributed by atoms with Crippen molar-refractivity contribution in [1.29, 1.82) is 0 Å². The van der Waals surface area contributed by atoms with Crippen LogP contribution in [0.3, 0.4) is 0 Å². The molecule has 8 nitrogen and oxygen atoms in total. The van der Waals surface area contributed by atoms with Crippen molar-refractivity contribution in [3.8, 4) is 0 Å². The van der Waals surface area contributed by atoms with Crippen LogP contribution in [0.25, 0.3) is 0 Å². The van der Waals surface area contributed by atoms with Gasteiger partial charge >= 0.3 is 11.9 Å². The molecule has 62 heavy (non-hydrogen) atoms. The van der Waals surface area contributed by atoms with E-state index < -0.39 is 18.1 Å². The van der Waals surface area contributed by atoms with E-state index in [1.165, 1.54) is 116 Å². The van der Waals surface area contributed by atoms with Crippen molar-refractivity contribution in [3.63, 3.8) is 0 Å². The van der Waals surface area contributed by atoms with Crippen LogP contribution in [0, 0.1) is 0 Å². The van der Waals surface area contributed by atoms with Crippen molar-refractivity contribution in [2.45, 2.75) is 225 Å². The van der Waals surface area contributed by atoms with Gasteiger partial charge in [0, 0.05) is 19.3 Å². The number of aliphatic carboxylic acids is 1. The lowest BCUT2D eigenvalue weighted by atomic mass is 10.1. The summed E-state index contributed by atoms with van der Waals surface area (Å²) in [7, 11) is 5.40. The van der Waals surface area contributed by atoms with Crippen LogP contribution in [0.2, 0.25) is 0 Å². The molecule has 358 valence electrons. The molecular formula is C54H95NO7. The van der Waals surface area contributed by atoms with Gasteiger partial charge in [0.15, 0.2) is 6.10 Å². The molecule has 0 heterocycles. The van der Waals surface area contributed by atoms with Crippen LogP contribution in [-0.4, -0.2) is 75.5 Å². The smallest absolute Gasteiger partial charge is 0.306 e. The number of likely N-dealkylation sites (N-methyl/N-ethyl adjacent to an activating group) is 1. The van der Waals surface area contributed by atoms with E-state index in [1.807, 2.05) is 0 Å². The highest BCUT2D eigenvalue weighted by Gasteiger charge is 2.25. The van der Waals surface area contributed by atoms with E-state index in [2.05, 4.69) is 74.6 Å². The third-order valence-corrected chi connectivity index (χ3v) is 11.2. The molecule has 0 fully saturated rings. The van der Waals surface area contributed by atoms with Crippen LogP contribution >= 0.6 is 0 Å². The zero-order valence-electron chi connectivity index (χ0n) is 40.8. The van der Waals surface area contributed by atoms with Crippen LogP contribution in [-0.2, 0) is 28.6 Å². The number of hydrogen-bond donors (Lipinski definition) is 0. The first-order valence-electron chi connectivity index (χ1n) is 25.3. The number of esters is 2. The summed E-state index contributed by atoms with van der Waals surface area (Å²) in [6.07, 6.45) is 55.4. The van der Waals surface area contributed by atoms with Gasteiger partial charge < -0.3 is 28.6 Å². The van der Waals surface area contributed by atoms with E-state index in [0.717, 1.165) is 64.2 Å². The first kappa shape index (κ1) is 59.0. The Kier molecular flexibility index (Phi) is 42.5. The average Bonchev–Trinajstić information content (AvgIpc) is 3.23. The molecule has 0 N–H and O–H groups in total. The molecule has 0 saturated heterocycles. The quantitative estimate of drug-likeness (QED) is 0.0197. The van der Waals surface area contributed by atoms with Crippen LogP contribution in [0.15, 0.2) is 60.8 Å². The van der Waals surface area contributed by atoms with Crippen molar-refractivity contribution in [2.24, 2.45) is 0 Å². The van der Waals surface area contributed by atoms with Crippen molar-refractivity contribution in [2.75, 3.05) is 41.0 Å². The highest BCUT2D eigenvalue weighted by Crippen LogP contribution is 2.15. The summed E-state index contributed by atoms with van der Waals surface area (Å²) >= 11 is 0. The summed E-state index contributed by atoms with van der Waals surface area (Å²) in [5.74, 6) is -1.76. The maximum atomic E-state index is 12.8. The number of carbonyl (C=O) groups is 3. The number of allylic oxidation sites excluding steroid dienone is 10. The van der Waals surface area contributed by atoms with Crippen molar-refractivity contribution in [3.05, 3.63) is 60.8 Å². The fraction of sp³-hybridized carbons (Fsp3) is 0.759. The zero-order valence-corrected chi connectivity index (χ0v) is 40.8. The summed E-state index contributed by atoms with van der Waals surface area (Å²) in [5.41, 5.74) is 0. The molecule has 0 aliphatic carbocycles. The molecule has 0 aromatic carbocycles. The highest BCUT2D eigenvalue weighted by molar-refractivity contribution is 5.70. The van der Waals surface area contributed by atoms with E-state index in [4.69, 9.17) is 14.2 Å². The molecule has 8 heteroatoms. The second-order valence-corrected chi connectivity index (χ2v) is 18.1. The molecule has 0 rings (SSSR count). The van der Waals surface area contributed by atoms with Gasteiger partial charge in [-0.05, 0) is 64.2 Å². The Morgan fingerprint density at radius 3 is 1.45 bits per heavy atom. The Hall–Kier alpha value is -2.97. The minimum atomic E-state index is -1.13. The molecule has 0 aliphatic heterocycles. The molecule has 0 aromatic rings. The molecule has 0 spiro atoms. The molecular weight excluding hydrogens is 775 g/mol. The van der Waals surface area contributed by atoms with Gasteiger partial charge in [-0.1, -0.05) is 190 Å². The number of rotatable bonds is 45. The summed E-state index contributed by atoms with van der Waals surface area (Å²) in [6, 6.07) is -0.732. The maximum absolute atomic E-state index is 12.8. The Morgan fingerprint density at radius 1 is 0.516 bits per heavy atom. The van der Waals surface area contributed by atoms with Gasteiger partial charge in [0.2, 0.25) is 0 Å². The number of ether oxygens (including phenoxy) is 3. The van der Waals surface area contributed by atoms with Gasteiger partial charge in [-0.25, -0.2) is 0 Å². The standard InChI is InChI=1S/C54H95NO7/c1-6-8-10-12-14-16-18-20-22-23-24-25-26-27-28-29-31-33-35-37-39-41-43-45-53(57)62-50(48-60-47-46-51(54(58)59)55(3,4)5)49-61-52(56)44-42-40-38-36-34-32-30-21-19-17-15-13-11-9-7-2/h9,11,13,15,17,19,24-25,27-28,50-51H,6-8,10,12,14,16,18,20-23,26,29-49H2,1-5H3/b11-9+,15-13+,19-17+,25-24+,28-27+. The lowest BCUT2D eigenvalue weighted by Gasteiger charge is -2.34. The van der Waals surface area contributed by atoms with Crippen LogP contribution < -0.4 is 5.11 Å². The minimum absolute atomic E-state index is 0.0318. The van der Waals surface area contributed by atoms with Crippen molar-refractivity contribution >= 4 is 17.9 Å². The SMILES string of the molecule is CC/C=C/C=C/C=C/CCCCCCCCCC(=O)OCC(COCCC(C(=O)[O-])[N+](C)(C)C)OC(=O)CCCCCCCCC/C=C/C/C=C/CCCCCCCCCCC. The summed E-state index contributed by atoms with van der Waals surface area (Å²) in [5, 5.41) is 11.7. The molecule has 2 unspecified atom stereocenters. The van der Waals surface area contributed by atoms with Crippen molar-refractivity contribution in [1.82, 2.24) is 0 Å². The van der Waals surface area contributed by atoms with E-state index >= 15 is 0 Å². The Bertz CT molecular complexity index is 1200. The molecule has 0 bridgehead atoms. The predicted molar refractivity (Wildman–Crippen MR) is 259 cm³/mol. The number of hydrogen-bond acceptors (Lipinski definition) is 7. The van der Waals surface area contributed by atoms with E-state index in [-0.39, 0.29) is 42.7 Å². The third-order valence-electron chi connectivity index (χ3n) is 11.2. The van der Waals surface area contributed by atoms with Gasteiger partial charge in [-0.2, -0.15) is 0 Å². The number of carboxylic acids is 1. The number of carboxylic acid groups (broad SMARTS) is 1. The lowest BCUT2D eigenvalue weighted by molar-refractivity contribution is -0.889. The third kappa shape index (κ3) is 42.3. The molecule has 0 aromatic heterocycles. The number of quaternary nitrogens is 1. The van der Waals surface area contributed by atoms with E-state index in [1.54, 1.807) is 21.1 Å². The molecule has 0 aliphatic rings. The van der Waals surface area contributed by atoms with Gasteiger partial charge in [0.1, 0.15) is 12.6 Å². The molecule has 2 atom stereocenters. The molecule has 0 saturated carbocycles. The predicted octanol–water partition coefficient (Wildman–Crippen LogP) is 13.2. The molecule has 0 amide bonds. The van der Waals surface area contributed by atoms with Gasteiger partial charge in [-0.15, -0.1) is 0 Å². The second-order valence-electron chi connectivity index (χ2n) is 18.1. The Labute approximate surface area is 381 Å². The van der Waals surface area contributed by atoms with Crippen LogP contribution in [0.5, 0.6) is 0 Å². The first-order chi connectivity index (χ1) is 30.1. The topological polar surface area (TPSA) is 102 Å². The number of nitrogens with zero attached hydrogens (tertiary/aromatic N) is 1. The number of carbonyl (C=O) groups excluding carboxylic acids is 3. The van der Waals surface area contributed by atoms with Gasteiger partial charge in [0.25, 0.3) is 0 Å². The summed E-state index contributed by atoms with van der Waals surface area (Å²) in [6.45, 7) is 4.52. The Balaban J connectivity index is 4.26.